The van der Waals surface area contributed by atoms with Crippen molar-refractivity contribution in [3.8, 4) is 0 Å². The molecule has 1 fully saturated rings. The summed E-state index contributed by atoms with van der Waals surface area (Å²) in [5.74, 6) is 0.221. The number of benzene rings is 3. The van der Waals surface area contributed by atoms with E-state index in [1.807, 2.05) is 54.6 Å². The van der Waals surface area contributed by atoms with Crippen molar-refractivity contribution in [1.82, 2.24) is 0 Å². The van der Waals surface area contributed by atoms with E-state index in [2.05, 4.69) is 10.6 Å². The predicted octanol–water partition coefficient (Wildman–Crippen LogP) is 4.50. The highest BCUT2D eigenvalue weighted by molar-refractivity contribution is 6.04. The van der Waals surface area contributed by atoms with E-state index in [0.717, 1.165) is 17.7 Å². The molecular weight excluding hydrogens is 378 g/mol. The summed E-state index contributed by atoms with van der Waals surface area (Å²) in [7, 11) is 0. The molecule has 2 unspecified atom stereocenters. The van der Waals surface area contributed by atoms with E-state index in [-0.39, 0.29) is 18.6 Å². The molecule has 3 aromatic carbocycles. The topological polar surface area (TPSA) is 93.5 Å². The molecule has 4 rings (SSSR count). The normalized spacial score (nSPS) is 17.1. The van der Waals surface area contributed by atoms with E-state index in [1.54, 1.807) is 24.3 Å². The molecule has 0 aromatic heterocycles. The van der Waals surface area contributed by atoms with E-state index in [1.165, 1.54) is 5.56 Å². The molecule has 3 aromatic rings. The molecule has 0 heterocycles. The fourth-order valence-corrected chi connectivity index (χ4v) is 3.20. The van der Waals surface area contributed by atoms with E-state index < -0.39 is 6.09 Å². The Balaban J connectivity index is 1.28. The molecular formula is C24H23N3O3. The lowest BCUT2D eigenvalue weighted by Crippen LogP contribution is -2.14. The van der Waals surface area contributed by atoms with Crippen molar-refractivity contribution in [2.24, 2.45) is 5.73 Å². The van der Waals surface area contributed by atoms with Gasteiger partial charge in [0.05, 0.1) is 0 Å². The number of amides is 2. The molecule has 2 amide bonds. The minimum atomic E-state index is -0.550. The number of hydrogen-bond donors (Lipinski definition) is 3. The number of carbonyl (C=O) groups excluding carboxylic acids is 2. The first-order valence-electron chi connectivity index (χ1n) is 9.83. The molecule has 1 aliphatic rings. The minimum absolute atomic E-state index is 0.193. The molecule has 0 saturated heterocycles. The molecule has 2 atom stereocenters. The van der Waals surface area contributed by atoms with Gasteiger partial charge in [-0.05, 0) is 53.9 Å². The van der Waals surface area contributed by atoms with Crippen LogP contribution < -0.4 is 16.4 Å². The minimum Gasteiger partial charge on any atom is -0.444 e. The van der Waals surface area contributed by atoms with Gasteiger partial charge in [-0.1, -0.05) is 42.5 Å². The molecule has 6 heteroatoms. The van der Waals surface area contributed by atoms with Crippen molar-refractivity contribution in [3.63, 3.8) is 0 Å². The number of hydrogen-bond acceptors (Lipinski definition) is 4. The van der Waals surface area contributed by atoms with Gasteiger partial charge in [-0.15, -0.1) is 0 Å². The summed E-state index contributed by atoms with van der Waals surface area (Å²) >= 11 is 0. The maximum absolute atomic E-state index is 12.4. The second kappa shape index (κ2) is 8.80. The predicted molar refractivity (Wildman–Crippen MR) is 116 cm³/mol. The molecule has 1 aliphatic carbocycles. The van der Waals surface area contributed by atoms with E-state index in [9.17, 15) is 9.59 Å². The fourth-order valence-electron chi connectivity index (χ4n) is 3.20. The Morgan fingerprint density at radius 3 is 2.10 bits per heavy atom. The number of carbonyl (C=O) groups is 2. The van der Waals surface area contributed by atoms with Crippen LogP contribution in [0, 0.1) is 0 Å². The van der Waals surface area contributed by atoms with E-state index in [0.29, 0.717) is 17.2 Å². The van der Waals surface area contributed by atoms with Gasteiger partial charge in [0.2, 0.25) is 0 Å². The molecule has 1 saturated carbocycles. The summed E-state index contributed by atoms with van der Waals surface area (Å²) in [5.41, 5.74) is 9.76. The van der Waals surface area contributed by atoms with Gasteiger partial charge in [-0.25, -0.2) is 4.79 Å². The second-order valence-electron chi connectivity index (χ2n) is 7.35. The summed E-state index contributed by atoms with van der Waals surface area (Å²) in [4.78, 5) is 24.4. The number of anilines is 2. The summed E-state index contributed by atoms with van der Waals surface area (Å²) in [6.07, 6.45) is 0.470. The summed E-state index contributed by atoms with van der Waals surface area (Å²) in [6, 6.07) is 24.1. The first-order valence-corrected chi connectivity index (χ1v) is 9.83. The van der Waals surface area contributed by atoms with Crippen LogP contribution in [0.2, 0.25) is 0 Å². The van der Waals surface area contributed by atoms with Crippen LogP contribution in [-0.2, 0) is 11.3 Å². The van der Waals surface area contributed by atoms with Gasteiger partial charge in [0, 0.05) is 28.9 Å². The van der Waals surface area contributed by atoms with Gasteiger partial charge in [-0.2, -0.15) is 0 Å². The van der Waals surface area contributed by atoms with Gasteiger partial charge in [-0.3, -0.25) is 10.1 Å². The van der Waals surface area contributed by atoms with E-state index in [4.69, 9.17) is 10.5 Å². The van der Waals surface area contributed by atoms with Crippen molar-refractivity contribution >= 4 is 23.4 Å². The first kappa shape index (κ1) is 19.7. The Bertz CT molecular complexity index is 1020. The van der Waals surface area contributed by atoms with Gasteiger partial charge < -0.3 is 15.8 Å². The zero-order valence-corrected chi connectivity index (χ0v) is 16.4. The third kappa shape index (κ3) is 5.04. The van der Waals surface area contributed by atoms with Crippen LogP contribution >= 0.6 is 0 Å². The van der Waals surface area contributed by atoms with Crippen molar-refractivity contribution in [2.75, 3.05) is 10.6 Å². The molecule has 0 spiro atoms. The van der Waals surface area contributed by atoms with Crippen molar-refractivity contribution in [1.29, 1.82) is 0 Å². The summed E-state index contributed by atoms with van der Waals surface area (Å²) in [6.45, 7) is 0.193. The van der Waals surface area contributed by atoms with Crippen LogP contribution in [0.25, 0.3) is 0 Å². The van der Waals surface area contributed by atoms with Crippen LogP contribution in [0.4, 0.5) is 16.2 Å². The average Bonchev–Trinajstić information content (AvgIpc) is 3.50. The van der Waals surface area contributed by atoms with Gasteiger partial charge >= 0.3 is 6.09 Å². The second-order valence-corrected chi connectivity index (χ2v) is 7.35. The number of ether oxygens (including phenoxy) is 1. The number of nitrogens with one attached hydrogen (secondary N) is 2. The molecule has 30 heavy (non-hydrogen) atoms. The Kier molecular flexibility index (Phi) is 5.77. The Morgan fingerprint density at radius 2 is 1.47 bits per heavy atom. The number of rotatable bonds is 6. The maximum Gasteiger partial charge on any atom is 0.411 e. The van der Waals surface area contributed by atoms with Crippen molar-refractivity contribution in [2.45, 2.75) is 25.0 Å². The highest BCUT2D eigenvalue weighted by atomic mass is 16.5. The molecule has 6 nitrogen and oxygen atoms in total. The molecule has 0 aliphatic heterocycles. The SMILES string of the molecule is NC1CC1c1ccc(NC(=O)c2ccc(NC(=O)OCc3ccccc3)cc2)cc1. The van der Waals surface area contributed by atoms with Gasteiger partial charge in [0.15, 0.2) is 0 Å². The largest absolute Gasteiger partial charge is 0.444 e. The summed E-state index contributed by atoms with van der Waals surface area (Å²) in [5, 5.41) is 5.52. The Morgan fingerprint density at radius 1 is 0.867 bits per heavy atom. The molecule has 4 N–H and O–H groups in total. The number of nitrogens with two attached hydrogens (primary N) is 1. The lowest BCUT2D eigenvalue weighted by Gasteiger charge is -2.09. The maximum atomic E-state index is 12.4. The quantitative estimate of drug-likeness (QED) is 0.567. The zero-order chi connectivity index (χ0) is 20.9. The molecule has 0 radical (unpaired) electrons. The van der Waals surface area contributed by atoms with Crippen molar-refractivity contribution < 1.29 is 14.3 Å². The van der Waals surface area contributed by atoms with Gasteiger partial charge in [0.1, 0.15) is 6.61 Å². The van der Waals surface area contributed by atoms with E-state index >= 15 is 0 Å². The lowest BCUT2D eigenvalue weighted by molar-refractivity contribution is 0.102. The van der Waals surface area contributed by atoms with Crippen LogP contribution in [0.5, 0.6) is 0 Å². The zero-order valence-electron chi connectivity index (χ0n) is 16.4. The third-order valence-electron chi connectivity index (χ3n) is 5.04. The van der Waals surface area contributed by atoms with Gasteiger partial charge in [0.25, 0.3) is 5.91 Å². The highest BCUT2D eigenvalue weighted by Crippen LogP contribution is 2.39. The first-order chi connectivity index (χ1) is 14.6. The van der Waals surface area contributed by atoms with Crippen LogP contribution in [0.1, 0.15) is 33.8 Å². The van der Waals surface area contributed by atoms with Crippen molar-refractivity contribution in [3.05, 3.63) is 95.6 Å². The van der Waals surface area contributed by atoms with Crippen LogP contribution in [0.3, 0.4) is 0 Å². The Labute approximate surface area is 175 Å². The van der Waals surface area contributed by atoms with Crippen LogP contribution in [-0.4, -0.2) is 18.0 Å². The Hall–Kier alpha value is -3.64. The summed E-state index contributed by atoms with van der Waals surface area (Å²) < 4.78 is 5.19. The average molecular weight is 401 g/mol. The lowest BCUT2D eigenvalue weighted by atomic mass is 10.1. The smallest absolute Gasteiger partial charge is 0.411 e. The highest BCUT2D eigenvalue weighted by Gasteiger charge is 2.34. The molecule has 152 valence electrons. The third-order valence-corrected chi connectivity index (χ3v) is 5.04. The standard InChI is InChI=1S/C24H23N3O3/c25-22-14-21(22)17-6-10-19(11-7-17)26-23(28)18-8-12-20(13-9-18)27-24(29)30-15-16-4-2-1-3-5-16/h1-13,21-22H,14-15,25H2,(H,26,28)(H,27,29). The molecule has 0 bridgehead atoms. The fraction of sp³-hybridized carbons (Fsp3) is 0.167. The van der Waals surface area contributed by atoms with Crippen LogP contribution in [0.15, 0.2) is 78.9 Å². The monoisotopic (exact) mass is 401 g/mol.